The van der Waals surface area contributed by atoms with E-state index in [1.807, 2.05) is 31.2 Å². The molecule has 1 saturated heterocycles. The van der Waals surface area contributed by atoms with Crippen molar-refractivity contribution < 1.29 is 18.7 Å². The van der Waals surface area contributed by atoms with Gasteiger partial charge in [-0.3, -0.25) is 9.59 Å². The third-order valence-electron chi connectivity index (χ3n) is 6.81. The summed E-state index contributed by atoms with van der Waals surface area (Å²) in [5, 5.41) is 3.17. The van der Waals surface area contributed by atoms with Gasteiger partial charge in [-0.1, -0.05) is 23.7 Å². The minimum atomic E-state index is -0.404. The first kappa shape index (κ1) is 26.7. The maximum atomic E-state index is 13.8. The highest BCUT2D eigenvalue weighted by molar-refractivity contribution is 6.34. The number of amides is 1. The fourth-order valence-electron chi connectivity index (χ4n) is 4.63. The van der Waals surface area contributed by atoms with E-state index < -0.39 is 5.56 Å². The van der Waals surface area contributed by atoms with Crippen LogP contribution in [0.2, 0.25) is 5.02 Å². The number of carbonyl (C=O) groups excluding carboxylic acids is 1. The van der Waals surface area contributed by atoms with E-state index in [2.05, 4.69) is 5.32 Å². The number of likely N-dealkylation sites (tertiary alicyclic amines) is 1. The Bertz CT molecular complexity index is 1320. The van der Waals surface area contributed by atoms with Gasteiger partial charge >= 0.3 is 0 Å². The highest BCUT2D eigenvalue weighted by Crippen LogP contribution is 2.33. The average molecular weight is 528 g/mol. The molecule has 0 spiro atoms. The quantitative estimate of drug-likeness (QED) is 0.426. The first-order valence-electron chi connectivity index (χ1n) is 12.2. The van der Waals surface area contributed by atoms with Crippen molar-refractivity contribution in [1.82, 2.24) is 9.47 Å². The number of carbonyl (C=O) groups is 1. The number of halogens is 2. The van der Waals surface area contributed by atoms with Gasteiger partial charge in [0.05, 0.1) is 25.0 Å². The number of benzene rings is 2. The first-order chi connectivity index (χ1) is 17.8. The van der Waals surface area contributed by atoms with E-state index in [1.165, 1.54) is 16.7 Å². The van der Waals surface area contributed by atoms with Crippen molar-refractivity contribution in [3.63, 3.8) is 0 Å². The van der Waals surface area contributed by atoms with Gasteiger partial charge in [0.25, 0.3) is 11.5 Å². The van der Waals surface area contributed by atoms with Gasteiger partial charge in [-0.15, -0.1) is 0 Å². The van der Waals surface area contributed by atoms with Gasteiger partial charge in [0.2, 0.25) is 0 Å². The third-order valence-corrected chi connectivity index (χ3v) is 7.16. The van der Waals surface area contributed by atoms with Crippen molar-refractivity contribution in [2.75, 3.05) is 39.2 Å². The van der Waals surface area contributed by atoms with Gasteiger partial charge in [0.1, 0.15) is 16.6 Å². The van der Waals surface area contributed by atoms with Crippen molar-refractivity contribution in [3.8, 4) is 5.75 Å². The van der Waals surface area contributed by atoms with Crippen LogP contribution in [0.1, 0.15) is 40.2 Å². The maximum Gasteiger partial charge on any atom is 0.271 e. The number of aromatic nitrogens is 1. The van der Waals surface area contributed by atoms with Crippen molar-refractivity contribution >= 4 is 28.9 Å². The standard InChI is InChI=1S/C28H31ClFN3O4/c1-18-16-22(37-3)8-9-24(18)31-26-23(17-33(14-15-36-2)28(35)25(26)29)27(34)32-12-10-20(11-13-32)19-4-6-21(30)7-5-19/h4-9,16-17,20,31H,10-15H2,1-3H3. The molecule has 1 amide bonds. The van der Waals surface area contributed by atoms with Gasteiger partial charge < -0.3 is 24.3 Å². The number of piperidine rings is 1. The zero-order chi connectivity index (χ0) is 26.5. The van der Waals surface area contributed by atoms with Crippen molar-refractivity contribution in [2.24, 2.45) is 0 Å². The number of methoxy groups -OCH3 is 2. The number of ether oxygens (including phenoxy) is 2. The lowest BCUT2D eigenvalue weighted by Gasteiger charge is -2.33. The number of rotatable bonds is 8. The number of pyridine rings is 1. The fourth-order valence-corrected chi connectivity index (χ4v) is 4.89. The zero-order valence-corrected chi connectivity index (χ0v) is 22.0. The maximum absolute atomic E-state index is 13.8. The van der Waals surface area contributed by atoms with Crippen molar-refractivity contribution in [3.05, 3.63) is 86.5 Å². The average Bonchev–Trinajstić information content (AvgIpc) is 2.92. The molecule has 0 saturated carbocycles. The number of aryl methyl sites for hydroxylation is 1. The molecule has 0 unspecified atom stereocenters. The molecule has 9 heteroatoms. The molecule has 1 aliphatic heterocycles. The zero-order valence-electron chi connectivity index (χ0n) is 21.2. The Balaban J connectivity index is 1.64. The predicted molar refractivity (Wildman–Crippen MR) is 143 cm³/mol. The van der Waals surface area contributed by atoms with Crippen LogP contribution < -0.4 is 15.6 Å². The Labute approximate surface area is 220 Å². The number of nitrogens with zero attached hydrogens (tertiary/aromatic N) is 2. The van der Waals surface area contributed by atoms with E-state index in [0.29, 0.717) is 36.7 Å². The molecule has 3 aromatic rings. The van der Waals surface area contributed by atoms with E-state index in [4.69, 9.17) is 21.1 Å². The molecule has 196 valence electrons. The Morgan fingerprint density at radius 1 is 1.14 bits per heavy atom. The second-order valence-corrected chi connectivity index (χ2v) is 9.52. The summed E-state index contributed by atoms with van der Waals surface area (Å²) in [7, 11) is 3.14. The third kappa shape index (κ3) is 5.97. The number of hydrogen-bond donors (Lipinski definition) is 1. The van der Waals surface area contributed by atoms with Gasteiger partial charge in [-0.2, -0.15) is 0 Å². The van der Waals surface area contributed by atoms with Crippen molar-refractivity contribution in [1.29, 1.82) is 0 Å². The first-order valence-corrected chi connectivity index (χ1v) is 12.6. The molecule has 1 fully saturated rings. The summed E-state index contributed by atoms with van der Waals surface area (Å²) in [5.41, 5.74) is 2.84. The van der Waals surface area contributed by atoms with Crippen molar-refractivity contribution in [2.45, 2.75) is 32.2 Å². The number of nitrogens with one attached hydrogen (secondary N) is 1. The van der Waals surface area contributed by atoms with Gasteiger partial charge in [0, 0.05) is 38.6 Å². The van der Waals surface area contributed by atoms with Crippen LogP contribution in [0.3, 0.4) is 0 Å². The van der Waals surface area contributed by atoms with Crippen LogP contribution in [0.5, 0.6) is 5.75 Å². The molecule has 7 nitrogen and oxygen atoms in total. The molecule has 0 atom stereocenters. The lowest BCUT2D eigenvalue weighted by atomic mass is 9.89. The highest BCUT2D eigenvalue weighted by atomic mass is 35.5. The fraction of sp³-hybridized carbons (Fsp3) is 0.357. The Kier molecular flexibility index (Phi) is 8.51. The molecule has 1 N–H and O–H groups in total. The lowest BCUT2D eigenvalue weighted by molar-refractivity contribution is 0.0712. The molecule has 1 aromatic heterocycles. The molecule has 0 radical (unpaired) electrons. The topological polar surface area (TPSA) is 72.8 Å². The van der Waals surface area contributed by atoms with Crippen LogP contribution in [-0.4, -0.2) is 49.3 Å². The van der Waals surface area contributed by atoms with E-state index in [9.17, 15) is 14.0 Å². The monoisotopic (exact) mass is 527 g/mol. The minimum Gasteiger partial charge on any atom is -0.497 e. The number of hydrogen-bond acceptors (Lipinski definition) is 5. The summed E-state index contributed by atoms with van der Waals surface area (Å²) in [5.74, 6) is 0.483. The largest absolute Gasteiger partial charge is 0.497 e. The minimum absolute atomic E-state index is 0.0571. The van der Waals surface area contributed by atoms with E-state index in [0.717, 1.165) is 24.0 Å². The molecule has 37 heavy (non-hydrogen) atoms. The molecule has 1 aliphatic rings. The van der Waals surface area contributed by atoms with Gasteiger partial charge in [0.15, 0.2) is 0 Å². The van der Waals surface area contributed by atoms with Gasteiger partial charge in [-0.25, -0.2) is 4.39 Å². The SMILES string of the molecule is COCCn1cc(C(=O)N2CCC(c3ccc(F)cc3)CC2)c(Nc2ccc(OC)cc2C)c(Cl)c1=O. The van der Waals surface area contributed by atoms with E-state index >= 15 is 0 Å². The molecular formula is C28H31ClFN3O4. The molecule has 0 bridgehead atoms. The van der Waals surface area contributed by atoms with Crippen LogP contribution in [0, 0.1) is 12.7 Å². The smallest absolute Gasteiger partial charge is 0.271 e. The highest BCUT2D eigenvalue weighted by Gasteiger charge is 2.28. The molecular weight excluding hydrogens is 497 g/mol. The second-order valence-electron chi connectivity index (χ2n) is 9.15. The normalized spacial score (nSPS) is 14.0. The van der Waals surface area contributed by atoms with E-state index in [-0.39, 0.29) is 34.9 Å². The van der Waals surface area contributed by atoms with Crippen LogP contribution in [0.15, 0.2) is 53.5 Å². The van der Waals surface area contributed by atoms with Crippen LogP contribution >= 0.6 is 11.6 Å². The van der Waals surface area contributed by atoms with Crippen LogP contribution in [0.4, 0.5) is 15.8 Å². The Morgan fingerprint density at radius 2 is 1.84 bits per heavy atom. The summed E-state index contributed by atoms with van der Waals surface area (Å²) in [6.07, 6.45) is 3.08. The second kappa shape index (κ2) is 11.8. The molecule has 2 aromatic carbocycles. The summed E-state index contributed by atoms with van der Waals surface area (Å²) in [6.45, 7) is 3.55. The molecule has 4 rings (SSSR count). The van der Waals surface area contributed by atoms with E-state index in [1.54, 1.807) is 31.4 Å². The summed E-state index contributed by atoms with van der Waals surface area (Å²) in [4.78, 5) is 28.6. The summed E-state index contributed by atoms with van der Waals surface area (Å²) < 4.78 is 25.2. The summed E-state index contributed by atoms with van der Waals surface area (Å²) >= 11 is 6.58. The van der Waals surface area contributed by atoms with Crippen LogP contribution in [0.25, 0.3) is 0 Å². The molecule has 2 heterocycles. The molecule has 0 aliphatic carbocycles. The predicted octanol–water partition coefficient (Wildman–Crippen LogP) is 5.37. The van der Waals surface area contributed by atoms with Crippen LogP contribution in [-0.2, 0) is 11.3 Å². The van der Waals surface area contributed by atoms with Gasteiger partial charge in [-0.05, 0) is 67.1 Å². The summed E-state index contributed by atoms with van der Waals surface area (Å²) in [6, 6.07) is 12.0. The Hall–Kier alpha value is -3.36. The Morgan fingerprint density at radius 3 is 2.46 bits per heavy atom. The number of anilines is 2. The lowest BCUT2D eigenvalue weighted by Crippen LogP contribution is -2.39.